The Kier molecular flexibility index (Phi) is 8.03. The molecule has 0 saturated heterocycles. The average molecular weight is 562 g/mol. The third-order valence-corrected chi connectivity index (χ3v) is 6.20. The topological polar surface area (TPSA) is 88.8 Å². The number of amides is 1. The second-order valence-electron chi connectivity index (χ2n) is 8.72. The highest BCUT2D eigenvalue weighted by atomic mass is 79.9. The standard InChI is InChI=1S/C28H28BrN5O3/c1-5-26-32-24-13-9-20(29)14-23(24)28(36)34(26)30-16-19-8-12-22(33(3)4)15-25(19)37-17-27(35)31-21-10-6-18(2)7-11-21/h6-16H,5,17H2,1-4H3,(H,31,35). The van der Waals surface area contributed by atoms with E-state index >= 15 is 0 Å². The van der Waals surface area contributed by atoms with E-state index in [1.165, 1.54) is 4.68 Å². The molecule has 0 saturated carbocycles. The summed E-state index contributed by atoms with van der Waals surface area (Å²) in [6, 6.07) is 18.5. The van der Waals surface area contributed by atoms with Crippen LogP contribution in [0, 0.1) is 6.92 Å². The van der Waals surface area contributed by atoms with Crippen molar-refractivity contribution in [2.75, 3.05) is 30.9 Å². The molecule has 9 heteroatoms. The first-order valence-electron chi connectivity index (χ1n) is 11.8. The van der Waals surface area contributed by atoms with Crippen LogP contribution in [0.3, 0.4) is 0 Å². The number of fused-ring (bicyclic) bond motifs is 1. The van der Waals surface area contributed by atoms with Crippen LogP contribution in [0.1, 0.15) is 23.9 Å². The number of hydrogen-bond acceptors (Lipinski definition) is 6. The number of anilines is 2. The molecule has 0 radical (unpaired) electrons. The number of benzene rings is 3. The summed E-state index contributed by atoms with van der Waals surface area (Å²) >= 11 is 3.42. The predicted molar refractivity (Wildman–Crippen MR) is 152 cm³/mol. The van der Waals surface area contributed by atoms with Crippen molar-refractivity contribution in [3.63, 3.8) is 0 Å². The number of aromatic nitrogens is 2. The Labute approximate surface area is 223 Å². The number of aryl methyl sites for hydroxylation is 2. The molecule has 190 valence electrons. The number of rotatable bonds is 8. The van der Waals surface area contributed by atoms with Gasteiger partial charge in [0.15, 0.2) is 6.61 Å². The quantitative estimate of drug-likeness (QED) is 0.306. The van der Waals surface area contributed by atoms with Crippen LogP contribution in [-0.4, -0.2) is 42.5 Å². The van der Waals surface area contributed by atoms with E-state index in [1.54, 1.807) is 12.3 Å². The van der Waals surface area contributed by atoms with E-state index < -0.39 is 0 Å². The van der Waals surface area contributed by atoms with E-state index in [4.69, 9.17) is 4.74 Å². The zero-order chi connectivity index (χ0) is 26.5. The third-order valence-electron chi connectivity index (χ3n) is 5.71. The van der Waals surface area contributed by atoms with Gasteiger partial charge in [0.25, 0.3) is 11.5 Å². The number of nitrogens with zero attached hydrogens (tertiary/aromatic N) is 4. The Morgan fingerprint density at radius 1 is 1.14 bits per heavy atom. The highest BCUT2D eigenvalue weighted by Crippen LogP contribution is 2.24. The summed E-state index contributed by atoms with van der Waals surface area (Å²) in [6.45, 7) is 3.73. The van der Waals surface area contributed by atoms with Gasteiger partial charge >= 0.3 is 0 Å². The van der Waals surface area contributed by atoms with E-state index in [0.29, 0.717) is 40.1 Å². The molecule has 0 atom stereocenters. The lowest BCUT2D eigenvalue weighted by Crippen LogP contribution is -2.22. The van der Waals surface area contributed by atoms with Gasteiger partial charge in [0, 0.05) is 48.0 Å². The summed E-state index contributed by atoms with van der Waals surface area (Å²) in [4.78, 5) is 32.3. The third kappa shape index (κ3) is 6.24. The van der Waals surface area contributed by atoms with E-state index in [2.05, 4.69) is 31.3 Å². The molecule has 1 N–H and O–H groups in total. The van der Waals surface area contributed by atoms with Crippen molar-refractivity contribution in [1.82, 2.24) is 9.66 Å². The molecule has 1 aromatic heterocycles. The van der Waals surface area contributed by atoms with Crippen LogP contribution in [0.15, 0.2) is 75.0 Å². The Morgan fingerprint density at radius 2 is 1.89 bits per heavy atom. The molecule has 4 aromatic rings. The summed E-state index contributed by atoms with van der Waals surface area (Å²) in [7, 11) is 3.84. The van der Waals surface area contributed by atoms with E-state index in [-0.39, 0.29) is 18.1 Å². The number of carbonyl (C=O) groups excluding carboxylic acids is 1. The molecule has 0 unspecified atom stereocenters. The predicted octanol–water partition coefficient (Wildman–Crippen LogP) is 5.00. The lowest BCUT2D eigenvalue weighted by molar-refractivity contribution is -0.118. The fourth-order valence-corrected chi connectivity index (χ4v) is 4.03. The van der Waals surface area contributed by atoms with Crippen LogP contribution in [0.25, 0.3) is 10.9 Å². The molecule has 3 aromatic carbocycles. The van der Waals surface area contributed by atoms with Gasteiger partial charge in [-0.2, -0.15) is 9.78 Å². The van der Waals surface area contributed by atoms with Gasteiger partial charge in [0.1, 0.15) is 11.6 Å². The first-order chi connectivity index (χ1) is 17.7. The van der Waals surface area contributed by atoms with Crippen LogP contribution in [-0.2, 0) is 11.2 Å². The van der Waals surface area contributed by atoms with Gasteiger partial charge in [-0.05, 0) is 49.4 Å². The molecule has 0 spiro atoms. The van der Waals surface area contributed by atoms with Crippen LogP contribution in [0.2, 0.25) is 0 Å². The number of carbonyl (C=O) groups is 1. The average Bonchev–Trinajstić information content (AvgIpc) is 2.88. The first-order valence-corrected chi connectivity index (χ1v) is 12.6. The van der Waals surface area contributed by atoms with Gasteiger partial charge in [0.2, 0.25) is 0 Å². The number of ether oxygens (including phenoxy) is 1. The van der Waals surface area contributed by atoms with Crippen molar-refractivity contribution >= 4 is 50.3 Å². The van der Waals surface area contributed by atoms with Crippen LogP contribution in [0.4, 0.5) is 11.4 Å². The Morgan fingerprint density at radius 3 is 2.59 bits per heavy atom. The zero-order valence-corrected chi connectivity index (χ0v) is 22.7. The zero-order valence-electron chi connectivity index (χ0n) is 21.2. The monoisotopic (exact) mass is 561 g/mol. The smallest absolute Gasteiger partial charge is 0.282 e. The molecular weight excluding hydrogens is 534 g/mol. The molecule has 4 rings (SSSR count). The lowest BCUT2D eigenvalue weighted by Gasteiger charge is -2.16. The van der Waals surface area contributed by atoms with Gasteiger partial charge in [-0.25, -0.2) is 4.98 Å². The molecule has 0 bridgehead atoms. The molecular formula is C28H28BrN5O3. The molecule has 0 aliphatic rings. The summed E-state index contributed by atoms with van der Waals surface area (Å²) in [5, 5.41) is 7.77. The second kappa shape index (κ2) is 11.4. The highest BCUT2D eigenvalue weighted by Gasteiger charge is 2.12. The molecule has 1 amide bonds. The van der Waals surface area contributed by atoms with Crippen LogP contribution < -0.4 is 20.5 Å². The highest BCUT2D eigenvalue weighted by molar-refractivity contribution is 9.10. The largest absolute Gasteiger partial charge is 0.483 e. The molecule has 0 aliphatic carbocycles. The Hall–Kier alpha value is -3.98. The van der Waals surface area contributed by atoms with Crippen LogP contribution >= 0.6 is 15.9 Å². The number of halogens is 1. The molecule has 37 heavy (non-hydrogen) atoms. The van der Waals surface area contributed by atoms with E-state index in [9.17, 15) is 9.59 Å². The van der Waals surface area contributed by atoms with Crippen molar-refractivity contribution in [2.45, 2.75) is 20.3 Å². The fourth-order valence-electron chi connectivity index (χ4n) is 3.67. The van der Waals surface area contributed by atoms with E-state index in [1.807, 2.05) is 87.4 Å². The lowest BCUT2D eigenvalue weighted by atomic mass is 10.2. The van der Waals surface area contributed by atoms with Crippen molar-refractivity contribution in [3.05, 3.63) is 92.4 Å². The summed E-state index contributed by atoms with van der Waals surface area (Å²) in [5.74, 6) is 0.730. The molecule has 0 fully saturated rings. The summed E-state index contributed by atoms with van der Waals surface area (Å²) < 4.78 is 8.01. The van der Waals surface area contributed by atoms with Crippen molar-refractivity contribution in [3.8, 4) is 5.75 Å². The second-order valence-corrected chi connectivity index (χ2v) is 9.64. The van der Waals surface area contributed by atoms with Crippen molar-refractivity contribution < 1.29 is 9.53 Å². The maximum absolute atomic E-state index is 13.2. The summed E-state index contributed by atoms with van der Waals surface area (Å²) in [5.41, 5.74) is 3.69. The summed E-state index contributed by atoms with van der Waals surface area (Å²) in [6.07, 6.45) is 2.08. The van der Waals surface area contributed by atoms with Crippen LogP contribution in [0.5, 0.6) is 5.75 Å². The maximum Gasteiger partial charge on any atom is 0.282 e. The van der Waals surface area contributed by atoms with Gasteiger partial charge in [-0.3, -0.25) is 9.59 Å². The van der Waals surface area contributed by atoms with Gasteiger partial charge in [-0.1, -0.05) is 40.5 Å². The number of hydrogen-bond donors (Lipinski definition) is 1. The molecule has 8 nitrogen and oxygen atoms in total. The van der Waals surface area contributed by atoms with Gasteiger partial charge in [0.05, 0.1) is 17.1 Å². The molecule has 1 heterocycles. The Balaban J connectivity index is 1.63. The fraction of sp³-hybridized carbons (Fsp3) is 0.214. The SMILES string of the molecule is CCc1nc2ccc(Br)cc2c(=O)n1N=Cc1ccc(N(C)C)cc1OCC(=O)Nc1ccc(C)cc1. The maximum atomic E-state index is 13.2. The molecule has 0 aliphatic heterocycles. The van der Waals surface area contributed by atoms with Gasteiger partial charge in [-0.15, -0.1) is 0 Å². The normalized spacial score (nSPS) is 11.2. The first kappa shape index (κ1) is 26.1. The number of nitrogens with one attached hydrogen (secondary N) is 1. The Bertz CT molecular complexity index is 1530. The van der Waals surface area contributed by atoms with Gasteiger partial charge < -0.3 is 15.0 Å². The van der Waals surface area contributed by atoms with Crippen molar-refractivity contribution in [1.29, 1.82) is 0 Å². The minimum atomic E-state index is -0.282. The minimum absolute atomic E-state index is 0.183. The van der Waals surface area contributed by atoms with Crippen molar-refractivity contribution in [2.24, 2.45) is 5.10 Å². The minimum Gasteiger partial charge on any atom is -0.483 e. The van der Waals surface area contributed by atoms with E-state index in [0.717, 1.165) is 15.7 Å².